The molecule has 0 aromatic carbocycles. The van der Waals surface area contributed by atoms with Gasteiger partial charge in [-0.1, -0.05) is 40.7 Å². The first-order valence-corrected chi connectivity index (χ1v) is 16.6. The second kappa shape index (κ2) is 11.6. The molecule has 2 N–H and O–H groups in total. The van der Waals surface area contributed by atoms with E-state index in [0.717, 1.165) is 32.1 Å². The SMILES string of the molecule is CONCC(C(=O)C(OC(C)=O)C(C)C1C(OC(C)=O)CC2(C)C3CCC4C(C)C(=O)C=CC45CC35CCC12C)C(C)CO. The van der Waals surface area contributed by atoms with Gasteiger partial charge in [-0.25, -0.2) is 5.48 Å². The second-order valence-corrected chi connectivity index (χ2v) is 15.5. The number of fused-ring (bicyclic) bond motifs is 2. The van der Waals surface area contributed by atoms with Crippen LogP contribution >= 0.6 is 0 Å². The van der Waals surface area contributed by atoms with Crippen LogP contribution in [0.2, 0.25) is 0 Å². The summed E-state index contributed by atoms with van der Waals surface area (Å²) < 4.78 is 12.0. The van der Waals surface area contributed by atoms with E-state index in [4.69, 9.17) is 14.3 Å². The second-order valence-electron chi connectivity index (χ2n) is 15.5. The first-order chi connectivity index (χ1) is 20.6. The maximum atomic E-state index is 14.2. The number of hydrogen-bond donors (Lipinski definition) is 2. The Kier molecular flexibility index (Phi) is 8.78. The van der Waals surface area contributed by atoms with Crippen LogP contribution in [0, 0.1) is 63.1 Å². The van der Waals surface area contributed by atoms with Crippen molar-refractivity contribution in [2.45, 2.75) is 99.2 Å². The lowest BCUT2D eigenvalue weighted by Crippen LogP contribution is -2.56. The highest BCUT2D eigenvalue weighted by atomic mass is 16.6. The highest BCUT2D eigenvalue weighted by Gasteiger charge is 2.81. The van der Waals surface area contributed by atoms with Gasteiger partial charge in [0.15, 0.2) is 17.7 Å². The molecule has 44 heavy (non-hydrogen) atoms. The molecule has 0 bridgehead atoms. The van der Waals surface area contributed by atoms with Crippen molar-refractivity contribution < 1.29 is 38.6 Å². The van der Waals surface area contributed by atoms with E-state index in [1.165, 1.54) is 21.0 Å². The highest BCUT2D eigenvalue weighted by molar-refractivity contribution is 5.93. The third-order valence-electron chi connectivity index (χ3n) is 13.8. The fourth-order valence-electron chi connectivity index (χ4n) is 11.5. The Hall–Kier alpha value is -2.10. The Morgan fingerprint density at radius 2 is 1.80 bits per heavy atom. The Morgan fingerprint density at radius 3 is 2.41 bits per heavy atom. The summed E-state index contributed by atoms with van der Waals surface area (Å²) in [6.45, 7) is 13.2. The molecule has 5 rings (SSSR count). The van der Waals surface area contributed by atoms with Gasteiger partial charge in [-0.2, -0.15) is 0 Å². The van der Waals surface area contributed by atoms with Gasteiger partial charge in [0.1, 0.15) is 6.10 Å². The van der Waals surface area contributed by atoms with E-state index in [9.17, 15) is 24.3 Å². The number of ether oxygens (including phenoxy) is 2. The quantitative estimate of drug-likeness (QED) is 0.256. The maximum Gasteiger partial charge on any atom is 0.303 e. The molecule has 13 unspecified atom stereocenters. The van der Waals surface area contributed by atoms with Crippen LogP contribution in [0.25, 0.3) is 0 Å². The standard InChI is InChI=1S/C35H53NO8/c1-19(17-37)24(16-36-42-8)30(41)31(44-23(5)39)21(3)29-27(43-22(4)38)15-33(7)28-10-9-25-20(2)26(40)11-12-34(25)18-35(28,34)14-13-32(29,33)6/h11-12,19-21,24-25,27-29,31,36-37H,9-10,13-18H2,1-8H3. The molecule has 0 saturated heterocycles. The summed E-state index contributed by atoms with van der Waals surface area (Å²) in [5.41, 5.74) is 2.47. The monoisotopic (exact) mass is 615 g/mol. The Balaban J connectivity index is 1.53. The van der Waals surface area contributed by atoms with E-state index in [2.05, 4.69) is 32.3 Å². The molecular formula is C35H53NO8. The number of Topliss-reactive ketones (excluding diaryl/α,β-unsaturated/α-hetero) is 1. The summed E-state index contributed by atoms with van der Waals surface area (Å²) in [4.78, 5) is 57.0. The van der Waals surface area contributed by atoms with E-state index in [0.29, 0.717) is 18.3 Å². The molecule has 0 radical (unpaired) electrons. The van der Waals surface area contributed by atoms with Gasteiger partial charge >= 0.3 is 11.9 Å². The Morgan fingerprint density at radius 1 is 1.09 bits per heavy atom. The summed E-state index contributed by atoms with van der Waals surface area (Å²) in [5.74, 6) is -1.82. The Labute approximate surface area is 262 Å². The number of hydroxylamine groups is 1. The molecule has 0 amide bonds. The minimum atomic E-state index is -1.07. The molecule has 0 aromatic heterocycles. The predicted molar refractivity (Wildman–Crippen MR) is 163 cm³/mol. The van der Waals surface area contributed by atoms with Crippen LogP contribution in [0.4, 0.5) is 0 Å². The zero-order valence-electron chi connectivity index (χ0n) is 27.8. The van der Waals surface area contributed by atoms with Crippen LogP contribution in [0.15, 0.2) is 12.2 Å². The summed E-state index contributed by atoms with van der Waals surface area (Å²) in [7, 11) is 1.47. The van der Waals surface area contributed by atoms with E-state index < -0.39 is 35.9 Å². The molecule has 4 saturated carbocycles. The van der Waals surface area contributed by atoms with Gasteiger partial charge in [0.2, 0.25) is 0 Å². The molecule has 4 fully saturated rings. The van der Waals surface area contributed by atoms with Crippen LogP contribution in [0.5, 0.6) is 0 Å². The van der Waals surface area contributed by atoms with Gasteiger partial charge < -0.3 is 19.4 Å². The van der Waals surface area contributed by atoms with Crippen molar-refractivity contribution in [1.82, 2.24) is 5.48 Å². The first-order valence-electron chi connectivity index (χ1n) is 16.6. The van der Waals surface area contributed by atoms with Crippen LogP contribution in [-0.4, -0.2) is 61.1 Å². The van der Waals surface area contributed by atoms with Crippen molar-refractivity contribution in [2.24, 2.45) is 63.1 Å². The smallest absolute Gasteiger partial charge is 0.303 e. The predicted octanol–water partition coefficient (Wildman–Crippen LogP) is 4.45. The maximum absolute atomic E-state index is 14.2. The lowest BCUT2D eigenvalue weighted by Gasteiger charge is -2.61. The third kappa shape index (κ3) is 4.74. The topological polar surface area (TPSA) is 128 Å². The number of rotatable bonds is 11. The van der Waals surface area contributed by atoms with Crippen LogP contribution in [0.1, 0.15) is 87.0 Å². The molecule has 13 atom stereocenters. The minimum absolute atomic E-state index is 0.0453. The zero-order valence-corrected chi connectivity index (χ0v) is 27.8. The summed E-state index contributed by atoms with van der Waals surface area (Å²) >= 11 is 0. The number of nitrogens with one attached hydrogen (secondary N) is 1. The van der Waals surface area contributed by atoms with Gasteiger partial charge in [-0.3, -0.25) is 19.2 Å². The van der Waals surface area contributed by atoms with Crippen LogP contribution < -0.4 is 5.48 Å². The lowest BCUT2D eigenvalue weighted by molar-refractivity contribution is -0.169. The van der Waals surface area contributed by atoms with Crippen LogP contribution in [-0.2, 0) is 33.5 Å². The molecule has 5 aliphatic carbocycles. The Bertz CT molecular complexity index is 1220. The molecular weight excluding hydrogens is 562 g/mol. The molecule has 0 aromatic rings. The van der Waals surface area contributed by atoms with Crippen molar-refractivity contribution in [3.63, 3.8) is 0 Å². The van der Waals surface area contributed by atoms with Crippen molar-refractivity contribution in [3.05, 3.63) is 12.2 Å². The van der Waals surface area contributed by atoms with E-state index in [1.807, 2.05) is 13.0 Å². The first kappa shape index (κ1) is 33.3. The number of aliphatic hydroxyl groups is 1. The number of hydrogen-bond acceptors (Lipinski definition) is 9. The number of ketones is 2. The summed E-state index contributed by atoms with van der Waals surface area (Å²) in [5, 5.41) is 9.98. The van der Waals surface area contributed by atoms with Crippen molar-refractivity contribution >= 4 is 23.5 Å². The van der Waals surface area contributed by atoms with Gasteiger partial charge in [-0.05, 0) is 84.0 Å². The molecule has 246 valence electrons. The highest BCUT2D eigenvalue weighted by Crippen LogP contribution is 2.87. The van der Waals surface area contributed by atoms with E-state index in [1.54, 1.807) is 6.92 Å². The molecule has 9 heteroatoms. The minimum Gasteiger partial charge on any atom is -0.462 e. The number of aliphatic hydroxyl groups excluding tert-OH is 1. The molecule has 5 aliphatic rings. The number of carbonyl (C=O) groups is 4. The molecule has 2 spiro atoms. The summed E-state index contributed by atoms with van der Waals surface area (Å²) in [6, 6.07) is 0. The molecule has 9 nitrogen and oxygen atoms in total. The molecule has 0 aliphatic heterocycles. The third-order valence-corrected chi connectivity index (χ3v) is 13.8. The number of carbonyl (C=O) groups excluding carboxylic acids is 4. The van der Waals surface area contributed by atoms with Gasteiger partial charge in [0, 0.05) is 50.7 Å². The van der Waals surface area contributed by atoms with Crippen LogP contribution in [0.3, 0.4) is 0 Å². The average Bonchev–Trinajstić information content (AvgIpc) is 3.57. The largest absolute Gasteiger partial charge is 0.462 e. The van der Waals surface area contributed by atoms with Gasteiger partial charge in [0.05, 0.1) is 7.11 Å². The average molecular weight is 616 g/mol. The number of allylic oxidation sites excluding steroid dienone is 2. The number of esters is 2. The van der Waals surface area contributed by atoms with E-state index in [-0.39, 0.29) is 64.2 Å². The van der Waals surface area contributed by atoms with Crippen molar-refractivity contribution in [1.29, 1.82) is 0 Å². The fourth-order valence-corrected chi connectivity index (χ4v) is 11.5. The van der Waals surface area contributed by atoms with Crippen molar-refractivity contribution in [2.75, 3.05) is 20.3 Å². The summed E-state index contributed by atoms with van der Waals surface area (Å²) in [6.07, 6.45) is 8.35. The van der Waals surface area contributed by atoms with E-state index >= 15 is 0 Å². The molecule has 0 heterocycles. The zero-order chi connectivity index (χ0) is 32.4. The fraction of sp³-hybridized carbons (Fsp3) is 0.829. The normalized spacial score (nSPS) is 42.9. The van der Waals surface area contributed by atoms with Crippen molar-refractivity contribution in [3.8, 4) is 0 Å². The van der Waals surface area contributed by atoms with Gasteiger partial charge in [0.25, 0.3) is 0 Å². The van der Waals surface area contributed by atoms with Gasteiger partial charge in [-0.15, -0.1) is 0 Å². The lowest BCUT2D eigenvalue weighted by atomic mass is 9.43.